The molecule has 0 amide bonds. The van der Waals surface area contributed by atoms with E-state index < -0.39 is 12.1 Å². The number of carboxylic acids is 1. The molecule has 0 saturated carbocycles. The van der Waals surface area contributed by atoms with Crippen LogP contribution in [0.25, 0.3) is 16.7 Å². The van der Waals surface area contributed by atoms with Crippen LogP contribution in [0.1, 0.15) is 29.2 Å². The molecule has 0 fully saturated rings. The van der Waals surface area contributed by atoms with Gasteiger partial charge in [-0.15, -0.1) is 0 Å². The summed E-state index contributed by atoms with van der Waals surface area (Å²) in [5.74, 6) is -0.194. The Hall–Kier alpha value is -3.37. The molecular weight excluding hydrogens is 388 g/mol. The van der Waals surface area contributed by atoms with E-state index in [9.17, 15) is 9.90 Å². The maximum atomic E-state index is 11.3. The summed E-state index contributed by atoms with van der Waals surface area (Å²) in [4.78, 5) is 11.3. The Morgan fingerprint density at radius 1 is 0.968 bits per heavy atom. The highest BCUT2D eigenvalue weighted by atomic mass is 16.5. The zero-order valence-corrected chi connectivity index (χ0v) is 17.8. The largest absolute Gasteiger partial charge is 0.490 e. The van der Waals surface area contributed by atoms with Crippen LogP contribution in [-0.2, 0) is 16.0 Å². The van der Waals surface area contributed by atoms with Gasteiger partial charge in [0.15, 0.2) is 6.10 Å². The summed E-state index contributed by atoms with van der Waals surface area (Å²) in [5, 5.41) is 9.24. The Balaban J connectivity index is 1.47. The van der Waals surface area contributed by atoms with E-state index in [1.807, 2.05) is 24.3 Å². The molecule has 158 valence electrons. The Labute approximate surface area is 182 Å². The number of aryl methyl sites for hydroxylation is 1. The lowest BCUT2D eigenvalue weighted by molar-refractivity contribution is -0.149. The summed E-state index contributed by atoms with van der Waals surface area (Å²) < 4.78 is 11.2. The van der Waals surface area contributed by atoms with Crippen molar-refractivity contribution in [2.45, 2.75) is 26.4 Å². The average molecular weight is 415 g/mol. The minimum Gasteiger partial charge on any atom is -0.490 e. The number of benzene rings is 3. The molecule has 1 atom stereocenters. The number of carboxylic acid groups (broad SMARTS) is 1. The third-order valence-electron chi connectivity index (χ3n) is 5.57. The third kappa shape index (κ3) is 4.39. The van der Waals surface area contributed by atoms with Crippen molar-refractivity contribution < 1.29 is 19.4 Å². The fourth-order valence-corrected chi connectivity index (χ4v) is 4.13. The highest BCUT2D eigenvalue weighted by Gasteiger charge is 2.24. The number of carbonyl (C=O) groups is 1. The molecule has 4 rings (SSSR count). The Kier molecular flexibility index (Phi) is 6.19. The highest BCUT2D eigenvalue weighted by Crippen LogP contribution is 2.45. The smallest absolute Gasteiger partial charge is 0.333 e. The zero-order chi connectivity index (χ0) is 21.8. The van der Waals surface area contributed by atoms with Crippen LogP contribution in [-0.4, -0.2) is 30.4 Å². The van der Waals surface area contributed by atoms with Gasteiger partial charge < -0.3 is 14.6 Å². The Morgan fingerprint density at radius 2 is 1.68 bits per heavy atom. The molecule has 1 aliphatic carbocycles. The topological polar surface area (TPSA) is 55.8 Å². The summed E-state index contributed by atoms with van der Waals surface area (Å²) in [5.41, 5.74) is 8.44. The molecule has 4 nitrogen and oxygen atoms in total. The molecule has 0 heterocycles. The molecule has 1 aliphatic rings. The molecule has 0 aliphatic heterocycles. The summed E-state index contributed by atoms with van der Waals surface area (Å²) in [6, 6.07) is 22.4. The Bertz CT molecular complexity index is 1110. The first-order valence-electron chi connectivity index (χ1n) is 10.5. The van der Waals surface area contributed by atoms with Gasteiger partial charge >= 0.3 is 5.97 Å². The number of rotatable bonds is 8. The maximum absolute atomic E-state index is 11.3. The quantitative estimate of drug-likeness (QED) is 0.413. The first-order chi connectivity index (χ1) is 15.1. The molecule has 4 heteroatoms. The van der Waals surface area contributed by atoms with Gasteiger partial charge in [-0.25, -0.2) is 4.79 Å². The van der Waals surface area contributed by atoms with Gasteiger partial charge in [-0.3, -0.25) is 0 Å². The molecule has 1 N–H and O–H groups in total. The second kappa shape index (κ2) is 9.19. The van der Waals surface area contributed by atoms with E-state index in [1.165, 1.54) is 33.4 Å². The molecule has 31 heavy (non-hydrogen) atoms. The molecule has 0 saturated heterocycles. The maximum Gasteiger partial charge on any atom is 0.333 e. The van der Waals surface area contributed by atoms with E-state index in [0.29, 0.717) is 19.6 Å². The monoisotopic (exact) mass is 414 g/mol. The van der Waals surface area contributed by atoms with Crippen LogP contribution in [0.15, 0.2) is 72.8 Å². The van der Waals surface area contributed by atoms with Crippen LogP contribution in [0.5, 0.6) is 5.75 Å². The van der Waals surface area contributed by atoms with E-state index in [2.05, 4.69) is 55.5 Å². The van der Waals surface area contributed by atoms with Gasteiger partial charge in [0.25, 0.3) is 0 Å². The van der Waals surface area contributed by atoms with Crippen LogP contribution in [0.3, 0.4) is 0 Å². The lowest BCUT2D eigenvalue weighted by Crippen LogP contribution is -2.26. The molecule has 3 aromatic carbocycles. The number of hydrogen-bond acceptors (Lipinski definition) is 3. The van der Waals surface area contributed by atoms with Crippen molar-refractivity contribution in [1.82, 2.24) is 0 Å². The van der Waals surface area contributed by atoms with Crippen molar-refractivity contribution in [3.8, 4) is 16.9 Å². The lowest BCUT2D eigenvalue weighted by atomic mass is 10.0. The second-order valence-corrected chi connectivity index (χ2v) is 7.60. The standard InChI is InChI=1S/C27H26O4/c1-3-30-25(27(28)29)17-19-11-13-20(14-12-19)31-16-15-22-21-8-4-5-9-23(21)26-18(2)7-6-10-24(22)26/h4-15,25H,3,16-17H2,1-2H3,(H,28,29). The van der Waals surface area contributed by atoms with Gasteiger partial charge in [0.2, 0.25) is 0 Å². The molecular formula is C27H26O4. The van der Waals surface area contributed by atoms with Gasteiger partial charge in [-0.1, -0.05) is 54.6 Å². The van der Waals surface area contributed by atoms with E-state index in [0.717, 1.165) is 11.3 Å². The lowest BCUT2D eigenvalue weighted by Gasteiger charge is -2.12. The molecule has 0 radical (unpaired) electrons. The van der Waals surface area contributed by atoms with Crippen molar-refractivity contribution in [1.29, 1.82) is 0 Å². The third-order valence-corrected chi connectivity index (χ3v) is 5.57. The van der Waals surface area contributed by atoms with E-state index in [1.54, 1.807) is 6.92 Å². The number of hydrogen-bond donors (Lipinski definition) is 1. The minimum atomic E-state index is -0.943. The SMILES string of the molecule is CCOC(Cc1ccc(OCC=C2c3ccccc3-c3c(C)cccc32)cc1)C(=O)O. The van der Waals surface area contributed by atoms with Crippen LogP contribution in [0.2, 0.25) is 0 Å². The zero-order valence-electron chi connectivity index (χ0n) is 17.8. The predicted molar refractivity (Wildman–Crippen MR) is 122 cm³/mol. The molecule has 0 aromatic heterocycles. The fourth-order valence-electron chi connectivity index (χ4n) is 4.13. The van der Waals surface area contributed by atoms with Crippen molar-refractivity contribution in [3.63, 3.8) is 0 Å². The predicted octanol–water partition coefficient (Wildman–Crippen LogP) is 5.52. The number of fused-ring (bicyclic) bond motifs is 3. The first-order valence-corrected chi connectivity index (χ1v) is 10.5. The second-order valence-electron chi connectivity index (χ2n) is 7.60. The molecule has 0 spiro atoms. The number of ether oxygens (including phenoxy) is 2. The summed E-state index contributed by atoms with van der Waals surface area (Å²) >= 11 is 0. The summed E-state index contributed by atoms with van der Waals surface area (Å²) in [6.45, 7) is 4.77. The van der Waals surface area contributed by atoms with Gasteiger partial charge in [-0.2, -0.15) is 0 Å². The molecule has 3 aromatic rings. The van der Waals surface area contributed by atoms with E-state index in [4.69, 9.17) is 9.47 Å². The molecule has 1 unspecified atom stereocenters. The van der Waals surface area contributed by atoms with Crippen molar-refractivity contribution >= 4 is 11.5 Å². The van der Waals surface area contributed by atoms with Crippen molar-refractivity contribution in [2.24, 2.45) is 0 Å². The summed E-state index contributed by atoms with van der Waals surface area (Å²) in [6.07, 6.45) is 1.64. The summed E-state index contributed by atoms with van der Waals surface area (Å²) in [7, 11) is 0. The van der Waals surface area contributed by atoms with Gasteiger partial charge in [0.1, 0.15) is 12.4 Å². The fraction of sp³-hybridized carbons (Fsp3) is 0.222. The van der Waals surface area contributed by atoms with Crippen LogP contribution in [0, 0.1) is 6.92 Å². The number of aliphatic carboxylic acids is 1. The van der Waals surface area contributed by atoms with Gasteiger partial charge in [0.05, 0.1) is 0 Å². The normalized spacial score (nSPS) is 14.2. The van der Waals surface area contributed by atoms with Crippen LogP contribution < -0.4 is 4.74 Å². The molecule has 0 bridgehead atoms. The Morgan fingerprint density at radius 3 is 2.39 bits per heavy atom. The van der Waals surface area contributed by atoms with Gasteiger partial charge in [-0.05, 0) is 71.0 Å². The highest BCUT2D eigenvalue weighted by molar-refractivity contribution is 6.02. The van der Waals surface area contributed by atoms with Crippen LogP contribution >= 0.6 is 0 Å². The average Bonchev–Trinajstić information content (AvgIpc) is 3.09. The van der Waals surface area contributed by atoms with E-state index >= 15 is 0 Å². The minimum absolute atomic E-state index is 0.334. The van der Waals surface area contributed by atoms with E-state index in [-0.39, 0.29) is 0 Å². The van der Waals surface area contributed by atoms with Gasteiger partial charge in [0, 0.05) is 13.0 Å². The van der Waals surface area contributed by atoms with Crippen molar-refractivity contribution in [3.05, 3.63) is 95.1 Å². The van der Waals surface area contributed by atoms with Crippen LogP contribution in [0.4, 0.5) is 0 Å². The first kappa shape index (κ1) is 20.9. The van der Waals surface area contributed by atoms with Crippen molar-refractivity contribution in [2.75, 3.05) is 13.2 Å².